The average Bonchev–Trinajstić information content (AvgIpc) is 3.52. The first-order valence-electron chi connectivity index (χ1n) is 12.3. The van der Waals surface area contributed by atoms with E-state index in [0.29, 0.717) is 32.0 Å². The Morgan fingerprint density at radius 1 is 1.06 bits per heavy atom. The van der Waals surface area contributed by atoms with Crippen molar-refractivity contribution in [1.82, 2.24) is 19.8 Å². The highest BCUT2D eigenvalue weighted by molar-refractivity contribution is 5.99. The fourth-order valence-electron chi connectivity index (χ4n) is 5.18. The maximum Gasteiger partial charge on any atom is 0.259 e. The lowest BCUT2D eigenvalue weighted by Gasteiger charge is -2.27. The molecule has 35 heavy (non-hydrogen) atoms. The normalized spacial score (nSPS) is 18.6. The van der Waals surface area contributed by atoms with Crippen LogP contribution in [0.15, 0.2) is 65.8 Å². The molecule has 180 valence electrons. The Morgan fingerprint density at radius 3 is 2.54 bits per heavy atom. The van der Waals surface area contributed by atoms with Gasteiger partial charge in [-0.25, -0.2) is 0 Å². The van der Waals surface area contributed by atoms with E-state index in [9.17, 15) is 14.4 Å². The second-order valence-corrected chi connectivity index (χ2v) is 9.68. The van der Waals surface area contributed by atoms with Gasteiger partial charge in [-0.05, 0) is 49.8 Å². The molecule has 2 aliphatic rings. The molecule has 1 aliphatic carbocycles. The quantitative estimate of drug-likeness (QED) is 0.574. The van der Waals surface area contributed by atoms with Crippen LogP contribution in [0.1, 0.15) is 56.8 Å². The Balaban J connectivity index is 1.41. The van der Waals surface area contributed by atoms with Gasteiger partial charge in [-0.15, -0.1) is 0 Å². The Morgan fingerprint density at radius 2 is 1.86 bits per heavy atom. The summed E-state index contributed by atoms with van der Waals surface area (Å²) in [6.07, 6.45) is 8.67. The lowest BCUT2D eigenvalue weighted by Crippen LogP contribution is -2.41. The zero-order chi connectivity index (χ0) is 24.4. The van der Waals surface area contributed by atoms with Crippen molar-refractivity contribution in [2.24, 2.45) is 5.92 Å². The fourth-order valence-corrected chi connectivity index (χ4v) is 5.18. The maximum atomic E-state index is 13.4. The number of hydrogen-bond acceptors (Lipinski definition) is 4. The van der Waals surface area contributed by atoms with Gasteiger partial charge in [-0.2, -0.15) is 0 Å². The predicted octanol–water partition coefficient (Wildman–Crippen LogP) is 3.35. The monoisotopic (exact) mass is 470 g/mol. The predicted molar refractivity (Wildman–Crippen MR) is 133 cm³/mol. The van der Waals surface area contributed by atoms with Crippen molar-refractivity contribution >= 4 is 11.8 Å². The highest BCUT2D eigenvalue weighted by Crippen LogP contribution is 2.37. The molecule has 5 rings (SSSR count). The molecule has 3 aromatic rings. The molecule has 2 atom stereocenters. The van der Waals surface area contributed by atoms with Crippen LogP contribution >= 0.6 is 0 Å². The van der Waals surface area contributed by atoms with Crippen LogP contribution in [-0.2, 0) is 19.5 Å². The first kappa shape index (κ1) is 23.0. The van der Waals surface area contributed by atoms with Crippen molar-refractivity contribution in [2.45, 2.75) is 51.7 Å². The summed E-state index contributed by atoms with van der Waals surface area (Å²) in [4.78, 5) is 46.1. The molecule has 1 N–H and O–H groups in total. The Hall–Kier alpha value is -3.74. The number of fused-ring (bicyclic) bond motifs is 2. The van der Waals surface area contributed by atoms with Crippen molar-refractivity contribution in [1.29, 1.82) is 0 Å². The lowest BCUT2D eigenvalue weighted by molar-refractivity contribution is 0.0701. The number of aryl methyl sites for hydroxylation is 3. The van der Waals surface area contributed by atoms with Crippen LogP contribution in [0.3, 0.4) is 0 Å². The van der Waals surface area contributed by atoms with E-state index in [1.165, 1.54) is 0 Å². The average molecular weight is 471 g/mol. The van der Waals surface area contributed by atoms with Crippen molar-refractivity contribution in [3.05, 3.63) is 99.2 Å². The number of carbonyl (C=O) groups is 2. The molecule has 1 aliphatic heterocycles. The molecule has 7 heteroatoms. The van der Waals surface area contributed by atoms with Crippen molar-refractivity contribution in [2.75, 3.05) is 6.54 Å². The molecular weight excluding hydrogens is 440 g/mol. The molecule has 2 bridgehead atoms. The molecule has 2 fully saturated rings. The summed E-state index contributed by atoms with van der Waals surface area (Å²) in [7, 11) is 0. The number of aromatic nitrogens is 2. The van der Waals surface area contributed by atoms with E-state index in [2.05, 4.69) is 10.3 Å². The van der Waals surface area contributed by atoms with Gasteiger partial charge in [0, 0.05) is 56.4 Å². The van der Waals surface area contributed by atoms with Gasteiger partial charge in [0.2, 0.25) is 5.43 Å². The standard InChI is InChI=1S/C28H30N4O3/c1-19-5-7-20(8-6-19)15-30-27(34)24-17-31(13-11-22-4-2-3-12-29-22)18-25(26(24)33)28(35)32-16-21-9-10-23(32)14-21/h2-8,12,17-18,21,23H,9-11,13-16H2,1H3,(H,30,34)/t21-,23+/m0/s1. The number of benzene rings is 1. The second kappa shape index (κ2) is 9.86. The molecular formula is C28H30N4O3. The fraction of sp³-hybridized carbons (Fsp3) is 0.357. The Labute approximate surface area is 204 Å². The molecule has 3 heterocycles. The Kier molecular flexibility index (Phi) is 6.49. The second-order valence-electron chi connectivity index (χ2n) is 9.68. The number of carbonyl (C=O) groups excluding carboxylic acids is 2. The largest absolute Gasteiger partial charge is 0.352 e. The number of amides is 2. The third kappa shape index (κ3) is 5.04. The van der Waals surface area contributed by atoms with Gasteiger partial charge in [0.1, 0.15) is 11.1 Å². The molecule has 0 spiro atoms. The summed E-state index contributed by atoms with van der Waals surface area (Å²) in [5.74, 6) is -0.210. The van der Waals surface area contributed by atoms with Gasteiger partial charge in [0.25, 0.3) is 11.8 Å². The summed E-state index contributed by atoms with van der Waals surface area (Å²) in [5, 5.41) is 2.85. The lowest BCUT2D eigenvalue weighted by atomic mass is 10.1. The number of nitrogens with one attached hydrogen (secondary N) is 1. The van der Waals surface area contributed by atoms with Crippen molar-refractivity contribution in [3.63, 3.8) is 0 Å². The van der Waals surface area contributed by atoms with Crippen molar-refractivity contribution < 1.29 is 9.59 Å². The smallest absolute Gasteiger partial charge is 0.259 e. The molecule has 1 saturated carbocycles. The maximum absolute atomic E-state index is 13.4. The van der Waals surface area contributed by atoms with Crippen LogP contribution in [0.4, 0.5) is 0 Å². The van der Waals surface area contributed by atoms with Crippen LogP contribution in [0, 0.1) is 12.8 Å². The molecule has 7 nitrogen and oxygen atoms in total. The van der Waals surface area contributed by atoms with E-state index < -0.39 is 11.3 Å². The number of pyridine rings is 2. The van der Waals surface area contributed by atoms with E-state index in [1.807, 2.05) is 54.3 Å². The SMILES string of the molecule is Cc1ccc(CNC(=O)c2cn(CCc3ccccn3)cc(C(=O)N3C[C@H]4CC[C@@H]3C4)c2=O)cc1. The highest BCUT2D eigenvalue weighted by Gasteiger charge is 2.41. The van der Waals surface area contributed by atoms with E-state index in [1.54, 1.807) is 23.2 Å². The minimum absolute atomic E-state index is 0.00617. The zero-order valence-electron chi connectivity index (χ0n) is 19.9. The highest BCUT2D eigenvalue weighted by atomic mass is 16.2. The summed E-state index contributed by atoms with van der Waals surface area (Å²) in [6, 6.07) is 13.8. The van der Waals surface area contributed by atoms with Crippen LogP contribution in [0.2, 0.25) is 0 Å². The summed E-state index contributed by atoms with van der Waals surface area (Å²) in [5.41, 5.74) is 2.54. The summed E-state index contributed by atoms with van der Waals surface area (Å²) in [6.45, 7) is 3.51. The molecule has 2 aromatic heterocycles. The molecule has 0 unspecified atom stereocenters. The van der Waals surface area contributed by atoms with Gasteiger partial charge < -0.3 is 14.8 Å². The first-order valence-corrected chi connectivity index (χ1v) is 12.3. The number of rotatable bonds is 7. The molecule has 1 aromatic carbocycles. The molecule has 0 radical (unpaired) electrons. The Bertz CT molecular complexity index is 1280. The third-order valence-electron chi connectivity index (χ3n) is 7.15. The number of hydrogen-bond donors (Lipinski definition) is 1. The zero-order valence-corrected chi connectivity index (χ0v) is 19.9. The van der Waals surface area contributed by atoms with Gasteiger partial charge in [0.05, 0.1) is 0 Å². The van der Waals surface area contributed by atoms with E-state index >= 15 is 0 Å². The van der Waals surface area contributed by atoms with Crippen LogP contribution in [-0.4, -0.2) is 38.9 Å². The topological polar surface area (TPSA) is 84.3 Å². The first-order chi connectivity index (χ1) is 17.0. The van der Waals surface area contributed by atoms with E-state index in [4.69, 9.17) is 0 Å². The minimum atomic E-state index is -0.506. The van der Waals surface area contributed by atoms with E-state index in [-0.39, 0.29) is 23.1 Å². The molecule has 2 amide bonds. The van der Waals surface area contributed by atoms with Gasteiger partial charge in [0.15, 0.2) is 0 Å². The van der Waals surface area contributed by atoms with Crippen LogP contribution in [0.25, 0.3) is 0 Å². The van der Waals surface area contributed by atoms with Crippen LogP contribution < -0.4 is 10.7 Å². The third-order valence-corrected chi connectivity index (χ3v) is 7.15. The number of likely N-dealkylation sites (tertiary alicyclic amines) is 1. The number of piperidine rings is 1. The minimum Gasteiger partial charge on any atom is -0.352 e. The van der Waals surface area contributed by atoms with E-state index in [0.717, 1.165) is 36.1 Å². The number of nitrogens with zero attached hydrogens (tertiary/aromatic N) is 3. The van der Waals surface area contributed by atoms with Gasteiger partial charge in [-0.3, -0.25) is 19.4 Å². The summed E-state index contributed by atoms with van der Waals surface area (Å²) >= 11 is 0. The van der Waals surface area contributed by atoms with Gasteiger partial charge >= 0.3 is 0 Å². The van der Waals surface area contributed by atoms with Crippen LogP contribution in [0.5, 0.6) is 0 Å². The van der Waals surface area contributed by atoms with Gasteiger partial charge in [-0.1, -0.05) is 35.9 Å². The summed E-state index contributed by atoms with van der Waals surface area (Å²) < 4.78 is 1.78. The van der Waals surface area contributed by atoms with Crippen molar-refractivity contribution in [3.8, 4) is 0 Å². The molecule has 1 saturated heterocycles.